The van der Waals surface area contributed by atoms with E-state index in [0.29, 0.717) is 12.6 Å². The zero-order valence-corrected chi connectivity index (χ0v) is 12.0. The average molecular weight is 272 g/mol. The van der Waals surface area contributed by atoms with Crippen LogP contribution in [0.4, 0.5) is 0 Å². The molecule has 0 amide bonds. The topological polar surface area (TPSA) is 47.3 Å². The van der Waals surface area contributed by atoms with Crippen LogP contribution in [0.5, 0.6) is 5.75 Å². The van der Waals surface area contributed by atoms with Gasteiger partial charge in [0, 0.05) is 11.7 Å². The molecule has 1 fully saturated rings. The van der Waals surface area contributed by atoms with Gasteiger partial charge in [-0.15, -0.1) is 0 Å². The van der Waals surface area contributed by atoms with E-state index in [9.17, 15) is 0 Å². The lowest BCUT2D eigenvalue weighted by molar-refractivity contribution is 0.264. The summed E-state index contributed by atoms with van der Waals surface area (Å²) in [5, 5.41) is 3.46. The third kappa shape index (κ3) is 3.39. The summed E-state index contributed by atoms with van der Waals surface area (Å²) in [6, 6.07) is 6.60. The van der Waals surface area contributed by atoms with Crippen LogP contribution < -0.4 is 10.1 Å². The first-order valence-corrected chi connectivity index (χ1v) is 7.08. The number of nitrogens with one attached hydrogen (secondary N) is 1. The van der Waals surface area contributed by atoms with Crippen LogP contribution in [0.1, 0.15) is 35.6 Å². The van der Waals surface area contributed by atoms with Crippen molar-refractivity contribution in [2.24, 2.45) is 0 Å². The van der Waals surface area contributed by atoms with Crippen LogP contribution in [0, 0.1) is 13.8 Å². The maximum absolute atomic E-state index is 5.83. The summed E-state index contributed by atoms with van der Waals surface area (Å²) in [6.07, 6.45) is 4.31. The molecule has 1 saturated carbocycles. The Morgan fingerprint density at radius 1 is 1.35 bits per heavy atom. The van der Waals surface area contributed by atoms with Crippen LogP contribution >= 0.6 is 0 Å². The van der Waals surface area contributed by atoms with E-state index in [2.05, 4.69) is 17.2 Å². The van der Waals surface area contributed by atoms with Gasteiger partial charge in [0.05, 0.1) is 12.7 Å². The fourth-order valence-corrected chi connectivity index (χ4v) is 2.06. The molecule has 2 aromatic rings. The number of nitrogens with zero attached hydrogens (tertiary/aromatic N) is 1. The first kappa shape index (κ1) is 13.2. The molecule has 2 heterocycles. The minimum atomic E-state index is 0.439. The molecule has 0 aromatic carbocycles. The molecule has 0 aliphatic heterocycles. The molecule has 0 spiro atoms. The number of hydrogen-bond donors (Lipinski definition) is 1. The van der Waals surface area contributed by atoms with Crippen molar-refractivity contribution in [2.75, 3.05) is 0 Å². The summed E-state index contributed by atoms with van der Waals surface area (Å²) in [5.41, 5.74) is 2.17. The SMILES string of the molecule is Cc1ccc(OCc2cc(C)c(CNC3CC3)o2)cn1. The number of aryl methyl sites for hydroxylation is 2. The fraction of sp³-hybridized carbons (Fsp3) is 0.438. The van der Waals surface area contributed by atoms with Crippen LogP contribution in [0.2, 0.25) is 0 Å². The van der Waals surface area contributed by atoms with Crippen molar-refractivity contribution in [2.45, 2.75) is 45.9 Å². The average Bonchev–Trinajstić information content (AvgIpc) is 3.20. The summed E-state index contributed by atoms with van der Waals surface area (Å²) in [4.78, 5) is 4.20. The quantitative estimate of drug-likeness (QED) is 0.877. The second-order valence-electron chi connectivity index (χ2n) is 5.40. The maximum Gasteiger partial charge on any atom is 0.146 e. The summed E-state index contributed by atoms with van der Waals surface area (Å²) in [6.45, 7) is 5.28. The third-order valence-electron chi connectivity index (χ3n) is 3.47. The first-order valence-electron chi connectivity index (χ1n) is 7.08. The van der Waals surface area contributed by atoms with Crippen LogP contribution in [0.3, 0.4) is 0 Å². The third-order valence-corrected chi connectivity index (χ3v) is 3.47. The molecule has 0 unspecified atom stereocenters. The van der Waals surface area contributed by atoms with E-state index in [1.807, 2.05) is 25.1 Å². The molecule has 4 nitrogen and oxygen atoms in total. The van der Waals surface area contributed by atoms with Crippen molar-refractivity contribution < 1.29 is 9.15 Å². The van der Waals surface area contributed by atoms with Gasteiger partial charge in [0.25, 0.3) is 0 Å². The molecule has 106 valence electrons. The van der Waals surface area contributed by atoms with E-state index >= 15 is 0 Å². The summed E-state index contributed by atoms with van der Waals surface area (Å²) >= 11 is 0. The maximum atomic E-state index is 5.83. The number of hydrogen-bond acceptors (Lipinski definition) is 4. The van der Waals surface area contributed by atoms with Gasteiger partial charge in [-0.3, -0.25) is 4.98 Å². The number of ether oxygens (including phenoxy) is 1. The fourth-order valence-electron chi connectivity index (χ4n) is 2.06. The Hall–Kier alpha value is -1.81. The normalized spacial score (nSPS) is 14.5. The zero-order chi connectivity index (χ0) is 13.9. The molecular formula is C16H20N2O2. The van der Waals surface area contributed by atoms with Gasteiger partial charge < -0.3 is 14.5 Å². The standard InChI is InChI=1S/C16H20N2O2/c1-11-7-15(20-16(11)9-18-13-4-5-13)10-19-14-6-3-12(2)17-8-14/h3,6-8,13,18H,4-5,9-10H2,1-2H3. The lowest BCUT2D eigenvalue weighted by Gasteiger charge is -2.04. The van der Waals surface area contributed by atoms with Crippen molar-refractivity contribution in [3.05, 3.63) is 47.2 Å². The van der Waals surface area contributed by atoms with E-state index in [0.717, 1.165) is 29.5 Å². The number of aromatic nitrogens is 1. The van der Waals surface area contributed by atoms with E-state index in [4.69, 9.17) is 9.15 Å². The van der Waals surface area contributed by atoms with E-state index in [1.165, 1.54) is 18.4 Å². The highest BCUT2D eigenvalue weighted by Gasteiger charge is 2.21. The van der Waals surface area contributed by atoms with Crippen LogP contribution in [-0.2, 0) is 13.2 Å². The zero-order valence-electron chi connectivity index (χ0n) is 12.0. The minimum Gasteiger partial charge on any atom is -0.484 e. The Bertz CT molecular complexity index is 571. The molecule has 4 heteroatoms. The molecule has 0 saturated heterocycles. The smallest absolute Gasteiger partial charge is 0.146 e. The van der Waals surface area contributed by atoms with E-state index < -0.39 is 0 Å². The van der Waals surface area contributed by atoms with E-state index in [1.54, 1.807) is 6.20 Å². The number of pyridine rings is 1. The minimum absolute atomic E-state index is 0.439. The van der Waals surface area contributed by atoms with Gasteiger partial charge in [-0.05, 0) is 50.5 Å². The van der Waals surface area contributed by atoms with Crippen LogP contribution in [0.15, 0.2) is 28.8 Å². The summed E-state index contributed by atoms with van der Waals surface area (Å²) in [5.74, 6) is 2.63. The van der Waals surface area contributed by atoms with Gasteiger partial charge in [-0.25, -0.2) is 0 Å². The molecule has 1 aliphatic rings. The molecular weight excluding hydrogens is 252 g/mol. The molecule has 2 aromatic heterocycles. The second-order valence-corrected chi connectivity index (χ2v) is 5.40. The molecule has 0 radical (unpaired) electrons. The van der Waals surface area contributed by atoms with Crippen molar-refractivity contribution in [3.63, 3.8) is 0 Å². The first-order chi connectivity index (χ1) is 9.70. The van der Waals surface area contributed by atoms with Crippen LogP contribution in [0.25, 0.3) is 0 Å². The second kappa shape index (κ2) is 5.67. The predicted octanol–water partition coefficient (Wildman–Crippen LogP) is 3.12. The molecule has 0 bridgehead atoms. The predicted molar refractivity (Wildman–Crippen MR) is 76.6 cm³/mol. The Labute approximate surface area is 119 Å². The lowest BCUT2D eigenvalue weighted by atomic mass is 10.2. The Balaban J connectivity index is 1.56. The highest BCUT2D eigenvalue weighted by atomic mass is 16.5. The largest absolute Gasteiger partial charge is 0.484 e. The highest BCUT2D eigenvalue weighted by Crippen LogP contribution is 2.21. The van der Waals surface area contributed by atoms with Gasteiger partial charge in [-0.2, -0.15) is 0 Å². The molecule has 20 heavy (non-hydrogen) atoms. The lowest BCUT2D eigenvalue weighted by Crippen LogP contribution is -2.15. The van der Waals surface area contributed by atoms with Crippen molar-refractivity contribution in [3.8, 4) is 5.75 Å². The van der Waals surface area contributed by atoms with Crippen LogP contribution in [-0.4, -0.2) is 11.0 Å². The van der Waals surface area contributed by atoms with Gasteiger partial charge in [0.2, 0.25) is 0 Å². The molecule has 0 atom stereocenters. The van der Waals surface area contributed by atoms with Crippen molar-refractivity contribution in [1.29, 1.82) is 0 Å². The van der Waals surface area contributed by atoms with Gasteiger partial charge in [0.15, 0.2) is 0 Å². The molecule has 3 rings (SSSR count). The van der Waals surface area contributed by atoms with Crippen molar-refractivity contribution in [1.82, 2.24) is 10.3 Å². The van der Waals surface area contributed by atoms with Gasteiger partial charge in [0.1, 0.15) is 23.9 Å². The monoisotopic (exact) mass is 272 g/mol. The Morgan fingerprint density at radius 3 is 2.90 bits per heavy atom. The van der Waals surface area contributed by atoms with Gasteiger partial charge >= 0.3 is 0 Å². The van der Waals surface area contributed by atoms with Gasteiger partial charge in [-0.1, -0.05) is 0 Å². The highest BCUT2D eigenvalue weighted by molar-refractivity contribution is 5.22. The summed E-state index contributed by atoms with van der Waals surface area (Å²) in [7, 11) is 0. The number of rotatable bonds is 6. The Kier molecular flexibility index (Phi) is 3.74. The van der Waals surface area contributed by atoms with E-state index in [-0.39, 0.29) is 0 Å². The number of furan rings is 1. The molecule has 1 N–H and O–H groups in total. The Morgan fingerprint density at radius 2 is 2.20 bits per heavy atom. The molecule has 1 aliphatic carbocycles. The van der Waals surface area contributed by atoms with Crippen molar-refractivity contribution >= 4 is 0 Å². The summed E-state index contributed by atoms with van der Waals surface area (Å²) < 4.78 is 11.5.